The molecule has 7 nitrogen and oxygen atoms in total. The number of amidine groups is 1. The molecule has 1 aliphatic rings. The second kappa shape index (κ2) is 9.15. The van der Waals surface area contributed by atoms with Crippen LogP contribution in [0.25, 0.3) is 6.08 Å². The molecule has 1 aliphatic heterocycles. The van der Waals surface area contributed by atoms with Crippen LogP contribution in [0.2, 0.25) is 0 Å². The molecule has 150 valence electrons. The van der Waals surface area contributed by atoms with E-state index in [2.05, 4.69) is 20.9 Å². The summed E-state index contributed by atoms with van der Waals surface area (Å²) in [6.07, 6.45) is 1.65. The molecule has 0 aliphatic carbocycles. The molecule has 0 aromatic heterocycles. The molecule has 0 bridgehead atoms. The number of nitrogens with two attached hydrogens (primary N) is 1. The highest BCUT2D eigenvalue weighted by atomic mass is 79.9. The van der Waals surface area contributed by atoms with Gasteiger partial charge in [0.25, 0.3) is 5.91 Å². The minimum atomic E-state index is -0.539. The summed E-state index contributed by atoms with van der Waals surface area (Å²) in [5, 5.41) is 0.204. The second-order valence-corrected chi connectivity index (χ2v) is 7.66. The Morgan fingerprint density at radius 1 is 1.28 bits per heavy atom. The Hall–Kier alpha value is -2.78. The van der Waals surface area contributed by atoms with Gasteiger partial charge in [-0.2, -0.15) is 4.99 Å². The normalized spacial score (nSPS) is 14.7. The van der Waals surface area contributed by atoms with Gasteiger partial charge in [0.1, 0.15) is 5.75 Å². The van der Waals surface area contributed by atoms with Gasteiger partial charge in [0.05, 0.1) is 28.7 Å². The number of halogens is 1. The fraction of sp³-hybridized carbons (Fsp3) is 0.150. The van der Waals surface area contributed by atoms with E-state index in [1.165, 1.54) is 0 Å². The number of nitrogens with zero attached hydrogens (tertiary/aromatic N) is 1. The van der Waals surface area contributed by atoms with Crippen LogP contribution in [0.15, 0.2) is 50.8 Å². The minimum Gasteiger partial charge on any atom is -0.497 e. The summed E-state index contributed by atoms with van der Waals surface area (Å²) in [5.74, 6) is 0.315. The molecule has 1 amide bonds. The van der Waals surface area contributed by atoms with Gasteiger partial charge >= 0.3 is 5.97 Å². The quantitative estimate of drug-likeness (QED) is 0.381. The highest BCUT2D eigenvalue weighted by Crippen LogP contribution is 2.39. The molecule has 0 atom stereocenters. The average Bonchev–Trinajstić information content (AvgIpc) is 3.01. The van der Waals surface area contributed by atoms with Gasteiger partial charge < -0.3 is 19.9 Å². The van der Waals surface area contributed by atoms with E-state index in [0.29, 0.717) is 38.6 Å². The Labute approximate surface area is 180 Å². The van der Waals surface area contributed by atoms with E-state index in [4.69, 9.17) is 19.9 Å². The zero-order valence-corrected chi connectivity index (χ0v) is 18.0. The third kappa shape index (κ3) is 4.99. The lowest BCUT2D eigenvalue weighted by Gasteiger charge is -2.14. The molecule has 2 N–H and O–H groups in total. The predicted octanol–water partition coefficient (Wildman–Crippen LogP) is 4.00. The van der Waals surface area contributed by atoms with Crippen LogP contribution in [0.4, 0.5) is 0 Å². The molecular weight excluding hydrogens is 460 g/mol. The fourth-order valence-corrected chi connectivity index (χ4v) is 3.71. The molecular formula is C20H17BrN2O5S. The lowest BCUT2D eigenvalue weighted by atomic mass is 10.1. The van der Waals surface area contributed by atoms with Gasteiger partial charge in [0.2, 0.25) is 0 Å². The maximum atomic E-state index is 12.5. The van der Waals surface area contributed by atoms with E-state index in [9.17, 15) is 9.59 Å². The van der Waals surface area contributed by atoms with Crippen molar-refractivity contribution in [3.05, 3.63) is 56.9 Å². The molecule has 0 saturated heterocycles. The van der Waals surface area contributed by atoms with Crippen LogP contribution < -0.4 is 19.9 Å². The maximum Gasteiger partial charge on any atom is 0.343 e. The van der Waals surface area contributed by atoms with Crippen molar-refractivity contribution in [3.8, 4) is 17.2 Å². The highest BCUT2D eigenvalue weighted by Gasteiger charge is 2.21. The SMILES string of the molecule is CCOc1cc(/C=C2\SC(N)=NC2=O)cc(Br)c1OC(=O)c1ccc(OC)cc1. The Morgan fingerprint density at radius 2 is 2.00 bits per heavy atom. The number of thioether (sulfide) groups is 1. The first-order valence-corrected chi connectivity index (χ1v) is 10.1. The molecule has 0 radical (unpaired) electrons. The molecule has 2 aromatic rings. The Morgan fingerprint density at radius 3 is 2.59 bits per heavy atom. The van der Waals surface area contributed by atoms with Gasteiger partial charge in [-0.3, -0.25) is 4.79 Å². The highest BCUT2D eigenvalue weighted by molar-refractivity contribution is 9.10. The number of hydrogen-bond acceptors (Lipinski definition) is 7. The zero-order chi connectivity index (χ0) is 21.0. The van der Waals surface area contributed by atoms with Gasteiger partial charge in [-0.1, -0.05) is 0 Å². The van der Waals surface area contributed by atoms with Crippen molar-refractivity contribution in [2.75, 3.05) is 13.7 Å². The van der Waals surface area contributed by atoms with Crippen molar-refractivity contribution in [1.29, 1.82) is 0 Å². The predicted molar refractivity (Wildman–Crippen MR) is 115 cm³/mol. The molecule has 0 unspecified atom stereocenters. The molecule has 9 heteroatoms. The number of rotatable bonds is 6. The average molecular weight is 477 g/mol. The van der Waals surface area contributed by atoms with Crippen LogP contribution >= 0.6 is 27.7 Å². The standard InChI is InChI=1S/C20H17BrN2O5S/c1-3-27-15-9-11(10-16-18(24)23-20(22)29-16)8-14(21)17(15)28-19(25)12-4-6-13(26-2)7-5-12/h4-10H,3H2,1-2H3,(H2,22,23,24)/b16-10-. The zero-order valence-electron chi connectivity index (χ0n) is 15.6. The van der Waals surface area contributed by atoms with Crippen molar-refractivity contribution in [2.24, 2.45) is 10.7 Å². The topological polar surface area (TPSA) is 100 Å². The summed E-state index contributed by atoms with van der Waals surface area (Å²) in [7, 11) is 1.55. The molecule has 0 fully saturated rings. The van der Waals surface area contributed by atoms with Gasteiger partial charge in [0, 0.05) is 0 Å². The van der Waals surface area contributed by atoms with Gasteiger partial charge in [-0.15, -0.1) is 0 Å². The smallest absolute Gasteiger partial charge is 0.343 e. The monoisotopic (exact) mass is 476 g/mol. The van der Waals surface area contributed by atoms with Crippen molar-refractivity contribution in [3.63, 3.8) is 0 Å². The van der Waals surface area contributed by atoms with Crippen LogP contribution in [0.3, 0.4) is 0 Å². The van der Waals surface area contributed by atoms with E-state index in [-0.39, 0.29) is 10.9 Å². The van der Waals surface area contributed by atoms with E-state index < -0.39 is 11.9 Å². The third-order valence-electron chi connectivity index (χ3n) is 3.79. The van der Waals surface area contributed by atoms with E-state index >= 15 is 0 Å². The van der Waals surface area contributed by atoms with Crippen molar-refractivity contribution in [2.45, 2.75) is 6.92 Å². The van der Waals surface area contributed by atoms with Crippen molar-refractivity contribution in [1.82, 2.24) is 0 Å². The number of ether oxygens (including phenoxy) is 3. The van der Waals surface area contributed by atoms with Gasteiger partial charge in [-0.25, -0.2) is 4.79 Å². The van der Waals surface area contributed by atoms with Gasteiger partial charge in [0.15, 0.2) is 16.7 Å². The van der Waals surface area contributed by atoms with Gasteiger partial charge in [-0.05, 0) is 82.7 Å². The summed E-state index contributed by atoms with van der Waals surface area (Å²) < 4.78 is 16.8. The van der Waals surface area contributed by atoms with Crippen molar-refractivity contribution >= 4 is 50.8 Å². The Bertz CT molecular complexity index is 1020. The number of aliphatic imine (C=N–C) groups is 1. The first-order valence-electron chi connectivity index (χ1n) is 8.52. The first-order chi connectivity index (χ1) is 13.9. The van der Waals surface area contributed by atoms with Crippen LogP contribution in [-0.2, 0) is 4.79 Å². The number of methoxy groups -OCH3 is 1. The van der Waals surface area contributed by atoms with E-state index in [1.807, 2.05) is 6.92 Å². The summed E-state index contributed by atoms with van der Waals surface area (Å²) in [6, 6.07) is 9.97. The lowest BCUT2D eigenvalue weighted by molar-refractivity contribution is -0.113. The number of carbonyl (C=O) groups is 2. The van der Waals surface area contributed by atoms with Crippen LogP contribution in [-0.4, -0.2) is 30.8 Å². The molecule has 2 aromatic carbocycles. The maximum absolute atomic E-state index is 12.5. The van der Waals surface area contributed by atoms with E-state index in [0.717, 1.165) is 11.8 Å². The molecule has 3 rings (SSSR count). The molecule has 0 spiro atoms. The number of amides is 1. The lowest BCUT2D eigenvalue weighted by Crippen LogP contribution is -2.10. The minimum absolute atomic E-state index is 0.204. The second-order valence-electron chi connectivity index (χ2n) is 5.75. The van der Waals surface area contributed by atoms with Crippen LogP contribution in [0.5, 0.6) is 17.2 Å². The van der Waals surface area contributed by atoms with Crippen molar-refractivity contribution < 1.29 is 23.8 Å². The largest absolute Gasteiger partial charge is 0.497 e. The Balaban J connectivity index is 1.89. The number of esters is 1. The Kier molecular flexibility index (Phi) is 6.60. The number of hydrogen-bond donors (Lipinski definition) is 1. The third-order valence-corrected chi connectivity index (χ3v) is 5.19. The number of benzene rings is 2. The number of carbonyl (C=O) groups excluding carboxylic acids is 2. The summed E-state index contributed by atoms with van der Waals surface area (Å²) in [4.78, 5) is 28.4. The summed E-state index contributed by atoms with van der Waals surface area (Å²) in [5.41, 5.74) is 6.62. The van der Waals surface area contributed by atoms with E-state index in [1.54, 1.807) is 49.6 Å². The molecule has 1 heterocycles. The fourth-order valence-electron chi connectivity index (χ4n) is 2.49. The molecule has 29 heavy (non-hydrogen) atoms. The van der Waals surface area contributed by atoms with Crippen LogP contribution in [0, 0.1) is 0 Å². The summed E-state index contributed by atoms with van der Waals surface area (Å²) >= 11 is 4.51. The molecule has 0 saturated carbocycles. The first kappa shape index (κ1) is 20.9. The summed E-state index contributed by atoms with van der Waals surface area (Å²) in [6.45, 7) is 2.18. The van der Waals surface area contributed by atoms with Crippen LogP contribution in [0.1, 0.15) is 22.8 Å².